The molecule has 2 fully saturated rings. The van der Waals surface area contributed by atoms with E-state index >= 15 is 0 Å². The molecule has 13 heteroatoms. The summed E-state index contributed by atoms with van der Waals surface area (Å²) in [5.41, 5.74) is 0.311. The zero-order valence-corrected chi connectivity index (χ0v) is 26.6. The number of carboxylic acid groups (broad SMARTS) is 1. The largest absolute Gasteiger partial charge is 0.483 e. The number of benzene rings is 1. The molecular weight excluding hydrogens is 569 g/mol. The Morgan fingerprint density at radius 2 is 1.93 bits per heavy atom. The molecule has 4 rings (SSSR count). The molecule has 1 atom stereocenters. The number of rotatable bonds is 12. The van der Waals surface area contributed by atoms with E-state index < -0.39 is 5.82 Å². The Morgan fingerprint density at radius 1 is 1.23 bits per heavy atom. The molecule has 2 aliphatic rings. The Hall–Kier alpha value is -3.87. The third kappa shape index (κ3) is 8.61. The lowest BCUT2D eigenvalue weighted by atomic mass is 9.76. The van der Waals surface area contributed by atoms with E-state index in [1.54, 1.807) is 11.8 Å². The van der Waals surface area contributed by atoms with Gasteiger partial charge in [-0.15, -0.1) is 10.2 Å². The number of carbonyl (C=O) groups excluding carboxylic acids is 2. The quantitative estimate of drug-likeness (QED) is 0.267. The zero-order valence-electron chi connectivity index (χ0n) is 26.6. The summed E-state index contributed by atoms with van der Waals surface area (Å²) in [6.07, 6.45) is 4.45. The molecule has 44 heavy (non-hydrogen) atoms. The molecule has 0 radical (unpaired) electrons. The van der Waals surface area contributed by atoms with Crippen LogP contribution in [-0.2, 0) is 9.59 Å². The molecule has 2 saturated heterocycles. The number of anilines is 1. The summed E-state index contributed by atoms with van der Waals surface area (Å²) in [5, 5.41) is 17.9. The van der Waals surface area contributed by atoms with Crippen LogP contribution in [0.4, 0.5) is 10.2 Å². The molecule has 2 aliphatic heterocycles. The van der Waals surface area contributed by atoms with Crippen molar-refractivity contribution < 1.29 is 28.6 Å². The maximum Gasteiger partial charge on any atom is 0.290 e. The average molecular weight is 616 g/mol. The number of nitrogens with zero attached hydrogens (tertiary/aromatic N) is 6. The van der Waals surface area contributed by atoms with Gasteiger partial charge < -0.3 is 25.0 Å². The molecule has 242 valence electrons. The van der Waals surface area contributed by atoms with E-state index in [1.165, 1.54) is 24.5 Å². The van der Waals surface area contributed by atoms with Gasteiger partial charge in [-0.05, 0) is 64.2 Å². The summed E-state index contributed by atoms with van der Waals surface area (Å²) in [6, 6.07) is 4.37. The Kier molecular flexibility index (Phi) is 12.4. The van der Waals surface area contributed by atoms with Crippen molar-refractivity contribution in [3.63, 3.8) is 0 Å². The standard InChI is InChI=1S/C30H44FN7O3.CH2O2/c1-7-38(21(4)5)29(40)24-15-23(31)10-11-26(24)41-28-27(33-19-34-35-28)36-14-12-30(16-36)17-37(18-30)25(20(2)3)9-8-13-32-22(6)39;2-1-3/h10-11,15,19-21,25H,7-9,12-14,16-18H2,1-6H3,(H,32,39);1H,(H,2,3)/t25-;/m1./s1. The maximum atomic E-state index is 14.2. The third-order valence-electron chi connectivity index (χ3n) is 8.28. The Bertz CT molecular complexity index is 1270. The molecule has 1 aromatic heterocycles. The van der Waals surface area contributed by atoms with Crippen LogP contribution in [0.2, 0.25) is 0 Å². The second kappa shape index (κ2) is 15.7. The lowest BCUT2D eigenvalue weighted by molar-refractivity contribution is -0.123. The topological polar surface area (TPSA) is 141 Å². The second-order valence-electron chi connectivity index (χ2n) is 12.1. The summed E-state index contributed by atoms with van der Waals surface area (Å²) in [4.78, 5) is 43.8. The number of carbonyl (C=O) groups is 3. The second-order valence-corrected chi connectivity index (χ2v) is 12.1. The smallest absolute Gasteiger partial charge is 0.290 e. The fourth-order valence-corrected chi connectivity index (χ4v) is 6.24. The summed E-state index contributed by atoms with van der Waals surface area (Å²) in [5.74, 6) is 0.730. The first-order chi connectivity index (χ1) is 20.9. The molecule has 0 aliphatic carbocycles. The van der Waals surface area contributed by atoms with Crippen LogP contribution in [0.3, 0.4) is 0 Å². The van der Waals surface area contributed by atoms with Crippen molar-refractivity contribution in [2.45, 2.75) is 72.9 Å². The monoisotopic (exact) mass is 615 g/mol. The predicted octanol–water partition coefficient (Wildman–Crippen LogP) is 3.83. The molecule has 12 nitrogen and oxygen atoms in total. The third-order valence-corrected chi connectivity index (χ3v) is 8.28. The number of hydrogen-bond donors (Lipinski definition) is 2. The number of nitrogens with one attached hydrogen (secondary N) is 1. The molecule has 1 spiro atoms. The van der Waals surface area contributed by atoms with Crippen LogP contribution in [-0.4, -0.2) is 99.7 Å². The molecule has 2 aromatic rings. The van der Waals surface area contributed by atoms with E-state index in [2.05, 4.69) is 44.1 Å². The van der Waals surface area contributed by atoms with E-state index in [1.807, 2.05) is 20.8 Å². The van der Waals surface area contributed by atoms with Crippen molar-refractivity contribution in [1.82, 2.24) is 30.3 Å². The van der Waals surface area contributed by atoms with Crippen molar-refractivity contribution in [3.05, 3.63) is 35.9 Å². The van der Waals surface area contributed by atoms with Crippen LogP contribution in [0.5, 0.6) is 11.6 Å². The van der Waals surface area contributed by atoms with Crippen LogP contribution in [0.1, 0.15) is 71.2 Å². The van der Waals surface area contributed by atoms with Gasteiger partial charge in [0.1, 0.15) is 17.9 Å². The van der Waals surface area contributed by atoms with Gasteiger partial charge in [0.05, 0.1) is 5.56 Å². The van der Waals surface area contributed by atoms with Gasteiger partial charge in [-0.3, -0.25) is 19.3 Å². The van der Waals surface area contributed by atoms with Crippen LogP contribution >= 0.6 is 0 Å². The van der Waals surface area contributed by atoms with E-state index in [-0.39, 0.29) is 46.9 Å². The number of aromatic nitrogens is 3. The summed E-state index contributed by atoms with van der Waals surface area (Å²) < 4.78 is 20.4. The van der Waals surface area contributed by atoms with Gasteiger partial charge >= 0.3 is 0 Å². The molecule has 1 aromatic carbocycles. The normalized spacial score (nSPS) is 16.2. The van der Waals surface area contributed by atoms with E-state index in [9.17, 15) is 14.0 Å². The summed E-state index contributed by atoms with van der Waals surface area (Å²) in [7, 11) is 0. The number of hydrogen-bond acceptors (Lipinski definition) is 9. The predicted molar refractivity (Wildman–Crippen MR) is 164 cm³/mol. The fourth-order valence-electron chi connectivity index (χ4n) is 6.24. The van der Waals surface area contributed by atoms with Crippen LogP contribution in [0, 0.1) is 17.2 Å². The Morgan fingerprint density at radius 3 is 2.55 bits per heavy atom. The molecule has 0 saturated carbocycles. The maximum absolute atomic E-state index is 14.2. The highest BCUT2D eigenvalue weighted by Gasteiger charge is 2.50. The molecule has 3 heterocycles. The minimum absolute atomic E-state index is 0.0170. The van der Waals surface area contributed by atoms with Gasteiger partial charge in [-0.1, -0.05) is 13.8 Å². The lowest BCUT2D eigenvalue weighted by Gasteiger charge is -2.53. The van der Waals surface area contributed by atoms with E-state index in [4.69, 9.17) is 14.6 Å². The average Bonchev–Trinajstić information content (AvgIpc) is 3.40. The minimum atomic E-state index is -0.510. The number of ether oxygens (including phenoxy) is 1. The van der Waals surface area contributed by atoms with Crippen LogP contribution in [0.15, 0.2) is 24.5 Å². The number of halogens is 1. The van der Waals surface area contributed by atoms with Gasteiger partial charge in [-0.2, -0.15) is 0 Å². The van der Waals surface area contributed by atoms with E-state index in [0.717, 1.165) is 45.4 Å². The zero-order chi connectivity index (χ0) is 32.4. The van der Waals surface area contributed by atoms with Gasteiger partial charge in [0.25, 0.3) is 18.3 Å². The van der Waals surface area contributed by atoms with Gasteiger partial charge in [0.15, 0.2) is 5.82 Å². The van der Waals surface area contributed by atoms with Crippen LogP contribution in [0.25, 0.3) is 0 Å². The SMILES string of the molecule is CCN(C(=O)c1cc(F)ccc1Oc1nncnc1N1CCC2(C1)CN([C@H](CCCNC(C)=O)C(C)C)C2)C(C)C.O=CO. The molecule has 2 N–H and O–H groups in total. The molecule has 0 bridgehead atoms. The number of amides is 2. The first-order valence-electron chi connectivity index (χ1n) is 15.2. The van der Waals surface area contributed by atoms with Crippen molar-refractivity contribution in [2.75, 3.05) is 44.2 Å². The van der Waals surface area contributed by atoms with Gasteiger partial charge in [0, 0.05) is 63.7 Å². The lowest BCUT2D eigenvalue weighted by Crippen LogP contribution is -2.62. The molecule has 0 unspecified atom stereocenters. The first kappa shape index (κ1) is 34.6. The number of likely N-dealkylation sites (tertiary alicyclic amines) is 1. The van der Waals surface area contributed by atoms with Crippen molar-refractivity contribution >= 4 is 24.1 Å². The van der Waals surface area contributed by atoms with Gasteiger partial charge in [-0.25, -0.2) is 9.37 Å². The van der Waals surface area contributed by atoms with Crippen LogP contribution < -0.4 is 15.0 Å². The highest BCUT2D eigenvalue weighted by atomic mass is 19.1. The highest BCUT2D eigenvalue weighted by molar-refractivity contribution is 5.97. The minimum Gasteiger partial charge on any atom is -0.483 e. The molecular formula is C31H46FN7O5. The van der Waals surface area contributed by atoms with Crippen molar-refractivity contribution in [2.24, 2.45) is 11.3 Å². The summed E-state index contributed by atoms with van der Waals surface area (Å²) in [6.45, 7) is 16.4. The Labute approximate surface area is 259 Å². The van der Waals surface area contributed by atoms with E-state index in [0.29, 0.717) is 30.9 Å². The van der Waals surface area contributed by atoms with Crippen molar-refractivity contribution in [1.29, 1.82) is 0 Å². The first-order valence-corrected chi connectivity index (χ1v) is 15.2. The molecule has 2 amide bonds. The Balaban J connectivity index is 0.00000169. The fraction of sp³-hybridized carbons (Fsp3) is 0.613. The summed E-state index contributed by atoms with van der Waals surface area (Å²) >= 11 is 0. The van der Waals surface area contributed by atoms with Gasteiger partial charge in [0.2, 0.25) is 5.91 Å². The highest BCUT2D eigenvalue weighted by Crippen LogP contribution is 2.44. The van der Waals surface area contributed by atoms with Crippen molar-refractivity contribution in [3.8, 4) is 11.6 Å².